The third kappa shape index (κ3) is 2.73. The Labute approximate surface area is 124 Å². The van der Waals surface area contributed by atoms with Gasteiger partial charge in [0.1, 0.15) is 6.04 Å². The molecule has 0 heterocycles. The van der Waals surface area contributed by atoms with Gasteiger partial charge in [-0.3, -0.25) is 4.79 Å². The van der Waals surface area contributed by atoms with Crippen molar-refractivity contribution in [2.24, 2.45) is 5.73 Å². The Bertz CT molecular complexity index is 568. The molecule has 5 heteroatoms. The first-order chi connectivity index (χ1) is 10.1. The molecule has 0 bridgehead atoms. The van der Waals surface area contributed by atoms with Crippen molar-refractivity contribution in [1.82, 2.24) is 10.2 Å². The first kappa shape index (κ1) is 13.9. The molecule has 3 amide bonds. The van der Waals surface area contributed by atoms with Gasteiger partial charge in [-0.05, 0) is 43.7 Å². The van der Waals surface area contributed by atoms with E-state index in [0.717, 1.165) is 25.7 Å². The quantitative estimate of drug-likeness (QED) is 0.884. The predicted molar refractivity (Wildman–Crippen MR) is 79.6 cm³/mol. The van der Waals surface area contributed by atoms with Gasteiger partial charge < -0.3 is 16.0 Å². The standard InChI is InChI=1S/C16H21N3O2/c1-10(18-16(17)21)15(20)19(12-7-8-12)14-9-6-11-4-2-3-5-13(11)14/h2-5,10,12,14H,6-9H2,1H3,(H3,17,18,21)/t10-,14+/m0/s1. The van der Waals surface area contributed by atoms with Gasteiger partial charge in [-0.25, -0.2) is 4.79 Å². The normalized spacial score (nSPS) is 21.5. The van der Waals surface area contributed by atoms with Crippen molar-refractivity contribution >= 4 is 11.9 Å². The molecule has 1 saturated carbocycles. The number of nitrogens with zero attached hydrogens (tertiary/aromatic N) is 1. The fourth-order valence-corrected chi connectivity index (χ4v) is 3.26. The number of fused-ring (bicyclic) bond motifs is 1. The van der Waals surface area contributed by atoms with E-state index in [9.17, 15) is 9.59 Å². The Morgan fingerprint density at radius 3 is 2.67 bits per heavy atom. The van der Waals surface area contributed by atoms with Crippen LogP contribution in [0.1, 0.15) is 43.4 Å². The lowest BCUT2D eigenvalue weighted by molar-refractivity contribution is -0.136. The molecule has 2 aliphatic rings. The minimum absolute atomic E-state index is 0.0296. The number of hydrogen-bond acceptors (Lipinski definition) is 2. The summed E-state index contributed by atoms with van der Waals surface area (Å²) in [5.74, 6) is -0.0296. The molecular formula is C16H21N3O2. The Kier molecular flexibility index (Phi) is 3.57. The number of carbonyl (C=O) groups excluding carboxylic acids is 2. The first-order valence-corrected chi connectivity index (χ1v) is 7.54. The molecule has 0 unspecified atom stereocenters. The average Bonchev–Trinajstić information content (AvgIpc) is 3.19. The van der Waals surface area contributed by atoms with Crippen molar-refractivity contribution in [2.75, 3.05) is 0 Å². The van der Waals surface area contributed by atoms with Crippen LogP contribution in [-0.4, -0.2) is 28.9 Å². The largest absolute Gasteiger partial charge is 0.352 e. The zero-order valence-corrected chi connectivity index (χ0v) is 12.2. The van der Waals surface area contributed by atoms with E-state index in [0.29, 0.717) is 6.04 Å². The van der Waals surface area contributed by atoms with Crippen LogP contribution in [0.4, 0.5) is 4.79 Å². The van der Waals surface area contributed by atoms with E-state index in [2.05, 4.69) is 17.4 Å². The summed E-state index contributed by atoms with van der Waals surface area (Å²) in [4.78, 5) is 25.7. The molecule has 3 rings (SSSR count). The van der Waals surface area contributed by atoms with Gasteiger partial charge in [0.15, 0.2) is 0 Å². The Balaban J connectivity index is 1.83. The zero-order valence-electron chi connectivity index (χ0n) is 12.2. The van der Waals surface area contributed by atoms with E-state index in [4.69, 9.17) is 5.73 Å². The lowest BCUT2D eigenvalue weighted by atomic mass is 10.1. The van der Waals surface area contributed by atoms with E-state index < -0.39 is 12.1 Å². The number of rotatable bonds is 4. The van der Waals surface area contributed by atoms with Crippen LogP contribution in [0.3, 0.4) is 0 Å². The van der Waals surface area contributed by atoms with Crippen LogP contribution >= 0.6 is 0 Å². The van der Waals surface area contributed by atoms with Crippen molar-refractivity contribution < 1.29 is 9.59 Å². The van der Waals surface area contributed by atoms with Gasteiger partial charge in [0, 0.05) is 6.04 Å². The van der Waals surface area contributed by atoms with Gasteiger partial charge in [0.25, 0.3) is 0 Å². The van der Waals surface area contributed by atoms with Crippen molar-refractivity contribution in [1.29, 1.82) is 0 Å². The van der Waals surface area contributed by atoms with E-state index in [1.165, 1.54) is 11.1 Å². The number of urea groups is 1. The molecule has 5 nitrogen and oxygen atoms in total. The number of aryl methyl sites for hydroxylation is 1. The summed E-state index contributed by atoms with van der Waals surface area (Å²) in [6, 6.07) is 7.54. The van der Waals surface area contributed by atoms with Crippen LogP contribution in [0.2, 0.25) is 0 Å². The molecule has 2 atom stereocenters. The number of benzene rings is 1. The number of nitrogens with two attached hydrogens (primary N) is 1. The van der Waals surface area contributed by atoms with Gasteiger partial charge in [0.2, 0.25) is 5.91 Å². The van der Waals surface area contributed by atoms with Crippen molar-refractivity contribution in [3.63, 3.8) is 0 Å². The molecule has 112 valence electrons. The highest BCUT2D eigenvalue weighted by Crippen LogP contribution is 2.42. The van der Waals surface area contributed by atoms with Crippen LogP contribution in [0.15, 0.2) is 24.3 Å². The number of carbonyl (C=O) groups is 2. The topological polar surface area (TPSA) is 75.4 Å². The van der Waals surface area contributed by atoms with E-state index in [1.54, 1.807) is 6.92 Å². The molecule has 1 fully saturated rings. The maximum atomic E-state index is 12.7. The minimum atomic E-state index is -0.654. The summed E-state index contributed by atoms with van der Waals surface area (Å²) in [6.45, 7) is 1.70. The third-order valence-corrected chi connectivity index (χ3v) is 4.36. The second-order valence-electron chi connectivity index (χ2n) is 5.96. The van der Waals surface area contributed by atoms with Crippen LogP contribution in [0, 0.1) is 0 Å². The zero-order chi connectivity index (χ0) is 15.0. The Morgan fingerprint density at radius 1 is 1.29 bits per heavy atom. The number of primary amides is 1. The summed E-state index contributed by atoms with van der Waals surface area (Å²) in [7, 11) is 0. The van der Waals surface area contributed by atoms with Gasteiger partial charge in [-0.1, -0.05) is 24.3 Å². The SMILES string of the molecule is C[C@H](NC(N)=O)C(=O)N(C1CC1)[C@@H]1CCc2ccccc21. The highest BCUT2D eigenvalue weighted by Gasteiger charge is 2.41. The smallest absolute Gasteiger partial charge is 0.312 e. The monoisotopic (exact) mass is 287 g/mol. The molecule has 21 heavy (non-hydrogen) atoms. The molecule has 0 aliphatic heterocycles. The second kappa shape index (κ2) is 5.39. The van der Waals surface area contributed by atoms with E-state index >= 15 is 0 Å². The molecule has 0 radical (unpaired) electrons. The number of amides is 3. The van der Waals surface area contributed by atoms with Crippen LogP contribution in [-0.2, 0) is 11.2 Å². The van der Waals surface area contributed by atoms with Gasteiger partial charge in [-0.15, -0.1) is 0 Å². The lowest BCUT2D eigenvalue weighted by Crippen LogP contribution is -2.50. The van der Waals surface area contributed by atoms with Crippen molar-refractivity contribution in [3.8, 4) is 0 Å². The molecule has 2 aliphatic carbocycles. The maximum Gasteiger partial charge on any atom is 0.312 e. The fraction of sp³-hybridized carbons (Fsp3) is 0.500. The molecule has 1 aromatic carbocycles. The Morgan fingerprint density at radius 2 is 2.00 bits per heavy atom. The fourth-order valence-electron chi connectivity index (χ4n) is 3.26. The third-order valence-electron chi connectivity index (χ3n) is 4.36. The van der Waals surface area contributed by atoms with Crippen molar-refractivity contribution in [2.45, 2.75) is 50.7 Å². The van der Waals surface area contributed by atoms with Crippen LogP contribution in [0.25, 0.3) is 0 Å². The molecular weight excluding hydrogens is 266 g/mol. The molecule has 0 spiro atoms. The summed E-state index contributed by atoms with van der Waals surface area (Å²) in [5, 5.41) is 2.50. The summed E-state index contributed by atoms with van der Waals surface area (Å²) in [6.07, 6.45) is 4.07. The van der Waals surface area contributed by atoms with E-state index in [1.807, 2.05) is 17.0 Å². The maximum absolute atomic E-state index is 12.7. The average molecular weight is 287 g/mol. The minimum Gasteiger partial charge on any atom is -0.352 e. The molecule has 3 N–H and O–H groups in total. The summed E-state index contributed by atoms with van der Waals surface area (Å²) < 4.78 is 0. The molecule has 1 aromatic rings. The summed E-state index contributed by atoms with van der Waals surface area (Å²) in [5.41, 5.74) is 7.72. The second-order valence-corrected chi connectivity index (χ2v) is 5.96. The van der Waals surface area contributed by atoms with Gasteiger partial charge in [-0.2, -0.15) is 0 Å². The highest BCUT2D eigenvalue weighted by atomic mass is 16.2. The molecule has 0 saturated heterocycles. The van der Waals surface area contributed by atoms with Crippen molar-refractivity contribution in [3.05, 3.63) is 35.4 Å². The number of nitrogens with one attached hydrogen (secondary N) is 1. The molecule has 0 aromatic heterocycles. The van der Waals surface area contributed by atoms with Crippen LogP contribution in [0.5, 0.6) is 0 Å². The van der Waals surface area contributed by atoms with E-state index in [-0.39, 0.29) is 11.9 Å². The predicted octanol–water partition coefficient (Wildman–Crippen LogP) is 1.72. The van der Waals surface area contributed by atoms with Crippen LogP contribution < -0.4 is 11.1 Å². The van der Waals surface area contributed by atoms with Gasteiger partial charge >= 0.3 is 6.03 Å². The Hall–Kier alpha value is -2.04. The number of hydrogen-bond donors (Lipinski definition) is 2. The highest BCUT2D eigenvalue weighted by molar-refractivity contribution is 5.87. The summed E-state index contributed by atoms with van der Waals surface area (Å²) >= 11 is 0. The van der Waals surface area contributed by atoms with Gasteiger partial charge in [0.05, 0.1) is 6.04 Å². The first-order valence-electron chi connectivity index (χ1n) is 7.54. The lowest BCUT2D eigenvalue weighted by Gasteiger charge is -2.32.